The van der Waals surface area contributed by atoms with Gasteiger partial charge in [-0.2, -0.15) is 0 Å². The van der Waals surface area contributed by atoms with Gasteiger partial charge < -0.3 is 20.5 Å². The summed E-state index contributed by atoms with van der Waals surface area (Å²) in [6.45, 7) is 0.276. The molecule has 27 heavy (non-hydrogen) atoms. The molecule has 148 valence electrons. The molecule has 2 aromatic rings. The highest BCUT2D eigenvalue weighted by molar-refractivity contribution is 14.0. The number of benzene rings is 2. The summed E-state index contributed by atoms with van der Waals surface area (Å²) in [4.78, 5) is 4.29. The monoisotopic (exact) mass is 505 g/mol. The van der Waals surface area contributed by atoms with E-state index in [9.17, 15) is 8.42 Å². The first-order valence-electron chi connectivity index (χ1n) is 7.86. The van der Waals surface area contributed by atoms with Crippen LogP contribution >= 0.6 is 24.0 Å². The summed E-state index contributed by atoms with van der Waals surface area (Å²) in [6, 6.07) is 12.6. The molecule has 0 aliphatic carbocycles. The molecule has 3 N–H and O–H groups in total. The van der Waals surface area contributed by atoms with Crippen molar-refractivity contribution in [2.45, 2.75) is 12.3 Å². The highest BCUT2D eigenvalue weighted by atomic mass is 127. The Morgan fingerprint density at radius 2 is 1.70 bits per heavy atom. The Kier molecular flexibility index (Phi) is 8.83. The second-order valence-electron chi connectivity index (χ2n) is 5.74. The summed E-state index contributed by atoms with van der Waals surface area (Å²) >= 11 is 0. The predicted octanol–water partition coefficient (Wildman–Crippen LogP) is 2.79. The lowest BCUT2D eigenvalue weighted by molar-refractivity contribution is 0.355. The number of hydrogen-bond acceptors (Lipinski definition) is 5. The smallest absolute Gasteiger partial charge is 0.193 e. The number of rotatable bonds is 7. The molecule has 0 saturated carbocycles. The molecule has 0 aromatic heterocycles. The third-order valence-corrected chi connectivity index (χ3v) is 4.45. The fourth-order valence-corrected chi connectivity index (χ4v) is 3.25. The van der Waals surface area contributed by atoms with E-state index in [0.29, 0.717) is 17.2 Å². The third kappa shape index (κ3) is 7.25. The second kappa shape index (κ2) is 10.4. The summed E-state index contributed by atoms with van der Waals surface area (Å²) in [5, 5.41) is 2.98. The Bertz CT molecular complexity index is 901. The zero-order valence-corrected chi connectivity index (χ0v) is 18.6. The van der Waals surface area contributed by atoms with Crippen molar-refractivity contribution < 1.29 is 17.9 Å². The van der Waals surface area contributed by atoms with Gasteiger partial charge in [0.2, 0.25) is 0 Å². The first kappa shape index (κ1) is 23.0. The largest absolute Gasteiger partial charge is 0.493 e. The molecule has 9 heteroatoms. The Morgan fingerprint density at radius 3 is 2.30 bits per heavy atom. The number of nitrogens with one attached hydrogen (secondary N) is 1. The van der Waals surface area contributed by atoms with Crippen LogP contribution in [0.2, 0.25) is 0 Å². The number of nitrogens with zero attached hydrogens (tertiary/aromatic N) is 1. The molecule has 2 rings (SSSR count). The van der Waals surface area contributed by atoms with Gasteiger partial charge >= 0.3 is 0 Å². The zero-order valence-electron chi connectivity index (χ0n) is 15.4. The van der Waals surface area contributed by atoms with Crippen LogP contribution in [0.4, 0.5) is 5.69 Å². The lowest BCUT2D eigenvalue weighted by Gasteiger charge is -2.11. The number of methoxy groups -OCH3 is 2. The lowest BCUT2D eigenvalue weighted by atomic mass is 10.1. The van der Waals surface area contributed by atoms with Crippen LogP contribution in [-0.4, -0.2) is 34.9 Å². The van der Waals surface area contributed by atoms with Crippen LogP contribution in [0.15, 0.2) is 47.5 Å². The molecule has 0 bridgehead atoms. The van der Waals surface area contributed by atoms with Crippen molar-refractivity contribution in [3.8, 4) is 11.5 Å². The van der Waals surface area contributed by atoms with Gasteiger partial charge in [-0.3, -0.25) is 0 Å². The van der Waals surface area contributed by atoms with Crippen molar-refractivity contribution in [2.75, 3.05) is 25.8 Å². The third-order valence-electron chi connectivity index (χ3n) is 3.61. The fraction of sp³-hybridized carbons (Fsp3) is 0.278. The predicted molar refractivity (Wildman–Crippen MR) is 119 cm³/mol. The quantitative estimate of drug-likeness (QED) is 0.341. The van der Waals surface area contributed by atoms with Gasteiger partial charge in [0.1, 0.15) is 0 Å². The van der Waals surface area contributed by atoms with Crippen molar-refractivity contribution in [2.24, 2.45) is 10.7 Å². The molecular weight excluding hydrogens is 481 g/mol. The van der Waals surface area contributed by atoms with E-state index in [-0.39, 0.29) is 42.2 Å². The Balaban J connectivity index is 0.00000364. The summed E-state index contributed by atoms with van der Waals surface area (Å²) in [5.41, 5.74) is 8.18. The molecular formula is C18H24IN3O4S. The number of aliphatic imine (C=N–C) groups is 1. The molecule has 0 atom stereocenters. The first-order valence-corrected chi connectivity index (χ1v) is 9.92. The molecule has 0 saturated heterocycles. The maximum absolute atomic E-state index is 11.5. The number of sulfone groups is 1. The molecule has 0 aliphatic heterocycles. The minimum absolute atomic E-state index is 0. The minimum atomic E-state index is -3.12. The molecule has 0 unspecified atom stereocenters. The van der Waals surface area contributed by atoms with E-state index < -0.39 is 9.84 Å². The van der Waals surface area contributed by atoms with Crippen LogP contribution in [0.3, 0.4) is 0 Å². The van der Waals surface area contributed by atoms with E-state index in [0.717, 1.165) is 11.1 Å². The van der Waals surface area contributed by atoms with E-state index in [2.05, 4.69) is 10.3 Å². The molecule has 2 aromatic carbocycles. The molecule has 0 aliphatic rings. The normalized spacial score (nSPS) is 11.4. The first-order chi connectivity index (χ1) is 12.3. The van der Waals surface area contributed by atoms with Gasteiger partial charge in [-0.25, -0.2) is 13.4 Å². The second-order valence-corrected chi connectivity index (χ2v) is 7.88. The van der Waals surface area contributed by atoms with Crippen LogP contribution in [0.5, 0.6) is 11.5 Å². The van der Waals surface area contributed by atoms with Gasteiger partial charge in [0.25, 0.3) is 0 Å². The van der Waals surface area contributed by atoms with Gasteiger partial charge in [-0.1, -0.05) is 24.3 Å². The Hall–Kier alpha value is -2.01. The number of ether oxygens (including phenoxy) is 2. The number of hydrogen-bond donors (Lipinski definition) is 2. The zero-order chi connectivity index (χ0) is 19.2. The minimum Gasteiger partial charge on any atom is -0.493 e. The average molecular weight is 505 g/mol. The van der Waals surface area contributed by atoms with Crippen LogP contribution in [0.1, 0.15) is 11.1 Å². The van der Waals surface area contributed by atoms with Crippen LogP contribution in [-0.2, 0) is 22.1 Å². The van der Waals surface area contributed by atoms with Gasteiger partial charge in [-0.15, -0.1) is 24.0 Å². The number of halogens is 1. The number of guanidine groups is 1. The summed E-state index contributed by atoms with van der Waals surface area (Å²) in [6.07, 6.45) is 1.21. The number of anilines is 1. The highest BCUT2D eigenvalue weighted by Gasteiger charge is 2.09. The number of nitrogens with two attached hydrogens (primary N) is 1. The van der Waals surface area contributed by atoms with Gasteiger partial charge in [-0.05, 0) is 23.3 Å². The maximum Gasteiger partial charge on any atom is 0.193 e. The van der Waals surface area contributed by atoms with E-state index in [1.807, 2.05) is 12.1 Å². The van der Waals surface area contributed by atoms with Crippen molar-refractivity contribution in [3.63, 3.8) is 0 Å². The van der Waals surface area contributed by atoms with Crippen LogP contribution in [0.25, 0.3) is 0 Å². The van der Waals surface area contributed by atoms with Gasteiger partial charge in [0, 0.05) is 18.0 Å². The van der Waals surface area contributed by atoms with Crippen molar-refractivity contribution in [1.29, 1.82) is 0 Å². The van der Waals surface area contributed by atoms with Crippen molar-refractivity contribution in [1.82, 2.24) is 0 Å². The molecule has 0 radical (unpaired) electrons. The lowest BCUT2D eigenvalue weighted by Crippen LogP contribution is -2.22. The van der Waals surface area contributed by atoms with Crippen molar-refractivity contribution >= 4 is 45.5 Å². The van der Waals surface area contributed by atoms with E-state index in [4.69, 9.17) is 15.2 Å². The van der Waals surface area contributed by atoms with Crippen LogP contribution < -0.4 is 20.5 Å². The summed E-state index contributed by atoms with van der Waals surface area (Å²) in [5.74, 6) is 1.38. The van der Waals surface area contributed by atoms with Gasteiger partial charge in [0.15, 0.2) is 27.3 Å². The van der Waals surface area contributed by atoms with Crippen LogP contribution in [0, 0.1) is 0 Å². The highest BCUT2D eigenvalue weighted by Crippen LogP contribution is 2.29. The molecule has 0 heterocycles. The van der Waals surface area contributed by atoms with E-state index in [1.165, 1.54) is 6.26 Å². The van der Waals surface area contributed by atoms with Gasteiger partial charge in [0.05, 0.1) is 26.5 Å². The van der Waals surface area contributed by atoms with E-state index in [1.54, 1.807) is 44.6 Å². The molecule has 7 nitrogen and oxygen atoms in total. The Morgan fingerprint density at radius 1 is 1.07 bits per heavy atom. The summed E-state index contributed by atoms with van der Waals surface area (Å²) in [7, 11) is -0.00464. The average Bonchev–Trinajstić information content (AvgIpc) is 2.59. The standard InChI is InChI=1S/C18H23N3O4S.HI/c1-24-16-9-8-15(10-17(16)25-2)21-18(19)20-11-13-6-4-5-7-14(13)12-26(3,22)23;/h4-10H,11-12H2,1-3H3,(H3,19,20,21);1H. The fourth-order valence-electron chi connectivity index (χ4n) is 2.41. The molecule has 0 amide bonds. The van der Waals surface area contributed by atoms with Crippen molar-refractivity contribution in [3.05, 3.63) is 53.6 Å². The Labute approximate surface area is 176 Å². The molecule has 0 spiro atoms. The topological polar surface area (TPSA) is 103 Å². The SMILES string of the molecule is COc1ccc(NC(N)=NCc2ccccc2CS(C)(=O)=O)cc1OC.I. The molecule has 0 fully saturated rings. The summed E-state index contributed by atoms with van der Waals surface area (Å²) < 4.78 is 33.5. The van der Waals surface area contributed by atoms with E-state index >= 15 is 0 Å². The maximum atomic E-state index is 11.5.